The van der Waals surface area contributed by atoms with Gasteiger partial charge < -0.3 is 14.4 Å². The van der Waals surface area contributed by atoms with Crippen LogP contribution in [0.3, 0.4) is 0 Å². The quantitative estimate of drug-likeness (QED) is 0.602. The molecule has 8 heteroatoms. The number of hydrogen-bond donors (Lipinski definition) is 0. The molecule has 31 heavy (non-hydrogen) atoms. The van der Waals surface area contributed by atoms with Gasteiger partial charge in [-0.3, -0.25) is 9.36 Å². The minimum atomic E-state index is -0.0782. The molecule has 2 saturated heterocycles. The molecule has 4 heterocycles. The predicted molar refractivity (Wildman–Crippen MR) is 117 cm³/mol. The van der Waals surface area contributed by atoms with Crippen LogP contribution in [0.25, 0.3) is 11.2 Å². The largest absolute Gasteiger partial charge is 0.378 e. The van der Waals surface area contributed by atoms with Gasteiger partial charge in [-0.15, -0.1) is 0 Å². The van der Waals surface area contributed by atoms with Crippen molar-refractivity contribution in [1.29, 1.82) is 0 Å². The minimum absolute atomic E-state index is 0.0343. The van der Waals surface area contributed by atoms with Gasteiger partial charge in [0.2, 0.25) is 5.95 Å². The van der Waals surface area contributed by atoms with E-state index in [1.165, 1.54) is 5.56 Å². The zero-order valence-corrected chi connectivity index (χ0v) is 17.6. The number of nitrogens with zero attached hydrogens (tertiary/aromatic N) is 5. The van der Waals surface area contributed by atoms with Gasteiger partial charge in [-0.1, -0.05) is 30.3 Å². The summed E-state index contributed by atoms with van der Waals surface area (Å²) >= 11 is 0. The van der Waals surface area contributed by atoms with Crippen LogP contribution >= 0.6 is 0 Å². The first-order valence-corrected chi connectivity index (χ1v) is 11.0. The van der Waals surface area contributed by atoms with Crippen molar-refractivity contribution in [3.8, 4) is 0 Å². The number of aromatic nitrogens is 4. The third kappa shape index (κ3) is 4.45. The van der Waals surface area contributed by atoms with Gasteiger partial charge in [0, 0.05) is 19.7 Å². The molecule has 0 N–H and O–H groups in total. The summed E-state index contributed by atoms with van der Waals surface area (Å²) in [5.41, 5.74) is 2.90. The maximum Gasteiger partial charge on any atom is 0.273 e. The van der Waals surface area contributed by atoms with Crippen molar-refractivity contribution in [3.63, 3.8) is 0 Å². The van der Waals surface area contributed by atoms with E-state index >= 15 is 0 Å². The molecule has 2 aromatic heterocycles. The number of fused-ring (bicyclic) bond motifs is 1. The van der Waals surface area contributed by atoms with Crippen molar-refractivity contribution in [3.05, 3.63) is 58.1 Å². The van der Waals surface area contributed by atoms with Gasteiger partial charge in [0.1, 0.15) is 11.2 Å². The Morgan fingerprint density at radius 3 is 2.65 bits per heavy atom. The Labute approximate surface area is 180 Å². The summed E-state index contributed by atoms with van der Waals surface area (Å²) in [5, 5.41) is 0. The number of benzene rings is 1. The fourth-order valence-electron chi connectivity index (χ4n) is 4.23. The van der Waals surface area contributed by atoms with Gasteiger partial charge in [0.05, 0.1) is 32.1 Å². The van der Waals surface area contributed by atoms with Gasteiger partial charge in [0.25, 0.3) is 5.56 Å². The zero-order valence-electron chi connectivity index (χ0n) is 17.6. The Morgan fingerprint density at radius 1 is 1.03 bits per heavy atom. The monoisotopic (exact) mass is 421 g/mol. The summed E-state index contributed by atoms with van der Waals surface area (Å²) in [5.74, 6) is 0.620. The van der Waals surface area contributed by atoms with E-state index in [2.05, 4.69) is 27.0 Å². The molecule has 8 nitrogen and oxygen atoms in total. The summed E-state index contributed by atoms with van der Waals surface area (Å²) in [6.07, 6.45) is 5.10. The Balaban J connectivity index is 1.52. The normalized spacial score (nSPS) is 19.2. The third-order valence-corrected chi connectivity index (χ3v) is 5.94. The van der Waals surface area contributed by atoms with Crippen molar-refractivity contribution in [1.82, 2.24) is 19.5 Å². The molecule has 0 radical (unpaired) electrons. The molecular formula is C23H27N5O3. The van der Waals surface area contributed by atoms with E-state index in [1.807, 2.05) is 18.2 Å². The van der Waals surface area contributed by atoms with Crippen LogP contribution < -0.4 is 10.5 Å². The number of ether oxygens (including phenoxy) is 2. The predicted octanol–water partition coefficient (Wildman–Crippen LogP) is 1.99. The highest BCUT2D eigenvalue weighted by atomic mass is 16.5. The second-order valence-corrected chi connectivity index (χ2v) is 8.07. The van der Waals surface area contributed by atoms with Crippen LogP contribution in [-0.4, -0.2) is 58.5 Å². The van der Waals surface area contributed by atoms with Gasteiger partial charge in [-0.05, 0) is 31.2 Å². The lowest BCUT2D eigenvalue weighted by Gasteiger charge is -2.27. The van der Waals surface area contributed by atoms with E-state index in [0.29, 0.717) is 49.0 Å². The highest BCUT2D eigenvalue weighted by molar-refractivity contribution is 5.70. The van der Waals surface area contributed by atoms with Gasteiger partial charge in [-0.2, -0.15) is 4.98 Å². The highest BCUT2D eigenvalue weighted by Gasteiger charge is 2.22. The molecule has 0 saturated carbocycles. The third-order valence-electron chi connectivity index (χ3n) is 5.94. The summed E-state index contributed by atoms with van der Waals surface area (Å²) in [6.45, 7) is 4.03. The van der Waals surface area contributed by atoms with Crippen LogP contribution in [0.5, 0.6) is 0 Å². The molecule has 162 valence electrons. The molecule has 2 fully saturated rings. The number of morpholine rings is 1. The average Bonchev–Trinajstić information content (AvgIpc) is 3.34. The maximum absolute atomic E-state index is 13.4. The molecule has 2 aliphatic rings. The van der Waals surface area contributed by atoms with Crippen LogP contribution in [0.2, 0.25) is 0 Å². The molecule has 0 bridgehead atoms. The summed E-state index contributed by atoms with van der Waals surface area (Å²) in [7, 11) is 0. The minimum Gasteiger partial charge on any atom is -0.378 e. The number of aryl methyl sites for hydroxylation is 2. The number of anilines is 1. The van der Waals surface area contributed by atoms with Crippen LogP contribution in [0, 0.1) is 0 Å². The Bertz CT molecular complexity index is 1090. The van der Waals surface area contributed by atoms with Gasteiger partial charge in [-0.25, -0.2) is 9.97 Å². The van der Waals surface area contributed by atoms with Crippen molar-refractivity contribution < 1.29 is 9.47 Å². The smallest absolute Gasteiger partial charge is 0.273 e. The molecule has 5 rings (SSSR count). The molecule has 0 unspecified atom stereocenters. The van der Waals surface area contributed by atoms with Gasteiger partial charge in [0.15, 0.2) is 5.65 Å². The van der Waals surface area contributed by atoms with E-state index in [0.717, 1.165) is 39.0 Å². The Morgan fingerprint density at radius 2 is 1.87 bits per heavy atom. The van der Waals surface area contributed by atoms with E-state index in [1.54, 1.807) is 10.8 Å². The van der Waals surface area contributed by atoms with Crippen LogP contribution in [0.4, 0.5) is 5.95 Å². The highest BCUT2D eigenvalue weighted by Crippen LogP contribution is 2.18. The summed E-state index contributed by atoms with van der Waals surface area (Å²) in [4.78, 5) is 29.5. The second kappa shape index (κ2) is 9.11. The SMILES string of the molecule is O=c1c(CCc2ccccc2)nc2cnc(N3CCOCC3)nc2n1C[C@H]1CCCO1. The maximum atomic E-state index is 13.4. The molecule has 0 amide bonds. The van der Waals surface area contributed by atoms with Crippen molar-refractivity contribution in [2.75, 3.05) is 37.8 Å². The lowest BCUT2D eigenvalue weighted by atomic mass is 10.1. The van der Waals surface area contributed by atoms with Crippen molar-refractivity contribution in [2.24, 2.45) is 0 Å². The molecule has 0 aliphatic carbocycles. The van der Waals surface area contributed by atoms with Crippen LogP contribution in [0.1, 0.15) is 24.1 Å². The summed E-state index contributed by atoms with van der Waals surface area (Å²) in [6, 6.07) is 10.2. The first kappa shape index (κ1) is 20.1. The van der Waals surface area contributed by atoms with E-state index in [-0.39, 0.29) is 11.7 Å². The Hall–Kier alpha value is -2.84. The van der Waals surface area contributed by atoms with Gasteiger partial charge >= 0.3 is 0 Å². The second-order valence-electron chi connectivity index (χ2n) is 8.07. The van der Waals surface area contributed by atoms with Crippen LogP contribution in [-0.2, 0) is 28.9 Å². The van der Waals surface area contributed by atoms with E-state index < -0.39 is 0 Å². The number of rotatable bonds is 6. The molecular weight excluding hydrogens is 394 g/mol. The van der Waals surface area contributed by atoms with Crippen molar-refractivity contribution >= 4 is 17.1 Å². The fraction of sp³-hybridized carbons (Fsp3) is 0.478. The van der Waals surface area contributed by atoms with E-state index in [9.17, 15) is 4.79 Å². The topological polar surface area (TPSA) is 82.4 Å². The lowest BCUT2D eigenvalue weighted by Crippen LogP contribution is -2.38. The molecule has 1 atom stereocenters. The fourth-order valence-corrected chi connectivity index (χ4v) is 4.23. The molecule has 3 aromatic rings. The van der Waals surface area contributed by atoms with Crippen LogP contribution in [0.15, 0.2) is 41.3 Å². The molecule has 0 spiro atoms. The standard InChI is InChI=1S/C23H27N5O3/c29-22-19(9-8-17-5-2-1-3-6-17)25-20-15-24-23(27-10-13-30-14-11-27)26-21(20)28(22)16-18-7-4-12-31-18/h1-3,5-6,15,18H,4,7-14,16H2/t18-/m1/s1. The van der Waals surface area contributed by atoms with Crippen molar-refractivity contribution in [2.45, 2.75) is 38.3 Å². The first-order valence-electron chi connectivity index (χ1n) is 11.0. The van der Waals surface area contributed by atoms with E-state index in [4.69, 9.17) is 14.5 Å². The summed E-state index contributed by atoms with van der Waals surface area (Å²) < 4.78 is 13.0. The lowest BCUT2D eigenvalue weighted by molar-refractivity contribution is 0.0969. The Kier molecular flexibility index (Phi) is 5.90. The average molecular weight is 422 g/mol. The first-order chi connectivity index (χ1) is 15.3. The zero-order chi connectivity index (χ0) is 21.0. The molecule has 1 aromatic carbocycles. The number of hydrogen-bond acceptors (Lipinski definition) is 7. The molecule has 2 aliphatic heterocycles.